The van der Waals surface area contributed by atoms with Crippen molar-refractivity contribution in [2.24, 2.45) is 5.92 Å². The van der Waals surface area contributed by atoms with Crippen LogP contribution in [0.2, 0.25) is 0 Å². The van der Waals surface area contributed by atoms with Crippen molar-refractivity contribution in [1.29, 1.82) is 0 Å². The second-order valence-corrected chi connectivity index (χ2v) is 9.92. The molecule has 1 unspecified atom stereocenters. The van der Waals surface area contributed by atoms with Gasteiger partial charge in [0.25, 0.3) is 0 Å². The van der Waals surface area contributed by atoms with Gasteiger partial charge in [0.05, 0.1) is 11.7 Å². The van der Waals surface area contributed by atoms with E-state index in [1.54, 1.807) is 0 Å². The van der Waals surface area contributed by atoms with Crippen molar-refractivity contribution < 1.29 is 13.7 Å². The molecule has 1 atom stereocenters. The number of halogens is 1. The van der Waals surface area contributed by atoms with Gasteiger partial charge in [-0.1, -0.05) is 69.2 Å². The molecule has 0 saturated carbocycles. The lowest BCUT2D eigenvalue weighted by atomic mass is 9.93. The number of nitrogens with zero attached hydrogens (tertiary/aromatic N) is 4. The molecule has 0 aliphatic carbocycles. The first-order valence-electron chi connectivity index (χ1n) is 13.1. The van der Waals surface area contributed by atoms with Crippen LogP contribution in [0, 0.1) is 11.7 Å². The molecule has 0 radical (unpaired) electrons. The molecule has 36 heavy (non-hydrogen) atoms. The van der Waals surface area contributed by atoms with Crippen molar-refractivity contribution in [3.8, 4) is 0 Å². The Hall–Kier alpha value is -3.06. The van der Waals surface area contributed by atoms with Crippen molar-refractivity contribution in [2.45, 2.75) is 58.9 Å². The van der Waals surface area contributed by atoms with E-state index in [1.165, 1.54) is 6.07 Å². The smallest absolute Gasteiger partial charge is 0.229 e. The van der Waals surface area contributed by atoms with Crippen molar-refractivity contribution in [2.75, 3.05) is 31.1 Å². The van der Waals surface area contributed by atoms with Gasteiger partial charge in [0, 0.05) is 44.4 Å². The highest BCUT2D eigenvalue weighted by molar-refractivity contribution is 5.83. The van der Waals surface area contributed by atoms with Gasteiger partial charge in [-0.15, -0.1) is 0 Å². The predicted molar refractivity (Wildman–Crippen MR) is 140 cm³/mol. The Morgan fingerprint density at radius 2 is 1.72 bits per heavy atom. The molecule has 6 nitrogen and oxygen atoms in total. The quantitative estimate of drug-likeness (QED) is 0.357. The number of carbonyl (C=O) groups is 1. The lowest BCUT2D eigenvalue weighted by molar-refractivity contribution is -0.122. The third-order valence-corrected chi connectivity index (χ3v) is 7.16. The highest BCUT2D eigenvalue weighted by atomic mass is 19.1. The number of hydrogen-bond acceptors (Lipinski definition) is 6. The average molecular weight is 493 g/mol. The molecule has 2 heterocycles. The van der Waals surface area contributed by atoms with Crippen LogP contribution in [-0.4, -0.2) is 47.0 Å². The second-order valence-electron chi connectivity index (χ2n) is 9.92. The van der Waals surface area contributed by atoms with E-state index in [0.29, 0.717) is 36.9 Å². The predicted octanol–water partition coefficient (Wildman–Crippen LogP) is 5.79. The summed E-state index contributed by atoms with van der Waals surface area (Å²) in [7, 11) is 0. The molecule has 1 aliphatic heterocycles. The minimum atomic E-state index is -0.266. The molecule has 4 rings (SSSR count). The molecular weight excluding hydrogens is 455 g/mol. The minimum Gasteiger partial charge on any atom is -0.367 e. The summed E-state index contributed by atoms with van der Waals surface area (Å²) in [4.78, 5) is 21.6. The molecule has 0 N–H and O–H groups in total. The van der Waals surface area contributed by atoms with Crippen LogP contribution in [0.25, 0.3) is 0 Å². The monoisotopic (exact) mass is 492 g/mol. The van der Waals surface area contributed by atoms with E-state index >= 15 is 4.39 Å². The van der Waals surface area contributed by atoms with Crippen LogP contribution in [0.3, 0.4) is 0 Å². The summed E-state index contributed by atoms with van der Waals surface area (Å²) in [5.74, 6) is 1.43. The highest BCUT2D eigenvalue weighted by Gasteiger charge is 2.31. The maximum atomic E-state index is 15.1. The Kier molecular flexibility index (Phi) is 8.52. The highest BCUT2D eigenvalue weighted by Crippen LogP contribution is 2.30. The Morgan fingerprint density at radius 3 is 2.31 bits per heavy atom. The molecule has 2 aromatic carbocycles. The molecule has 0 amide bonds. The Morgan fingerprint density at radius 1 is 1.03 bits per heavy atom. The zero-order valence-electron chi connectivity index (χ0n) is 21.8. The number of rotatable bonds is 10. The molecule has 7 heteroatoms. The number of aromatic nitrogens is 2. The molecule has 3 aromatic rings. The summed E-state index contributed by atoms with van der Waals surface area (Å²) in [6.45, 7) is 11.0. The van der Waals surface area contributed by atoms with E-state index in [1.807, 2.05) is 58.0 Å². The molecular formula is C29H37FN4O2. The van der Waals surface area contributed by atoms with Gasteiger partial charge in [0.1, 0.15) is 11.6 Å². The number of piperazine rings is 1. The summed E-state index contributed by atoms with van der Waals surface area (Å²) in [5.41, 5.74) is 2.44. The van der Waals surface area contributed by atoms with Crippen molar-refractivity contribution in [3.63, 3.8) is 0 Å². The molecule has 192 valence electrons. The Bertz CT molecular complexity index is 1140. The summed E-state index contributed by atoms with van der Waals surface area (Å²) in [6, 6.07) is 15.3. The maximum absolute atomic E-state index is 15.1. The minimum absolute atomic E-state index is 0.0502. The number of benzene rings is 2. The van der Waals surface area contributed by atoms with Gasteiger partial charge in [-0.2, -0.15) is 4.98 Å². The van der Waals surface area contributed by atoms with Gasteiger partial charge in [-0.25, -0.2) is 4.39 Å². The van der Waals surface area contributed by atoms with Gasteiger partial charge >= 0.3 is 0 Å². The molecule has 1 aromatic heterocycles. The lowest BCUT2D eigenvalue weighted by Crippen LogP contribution is -2.48. The first kappa shape index (κ1) is 26.0. The van der Waals surface area contributed by atoms with Crippen molar-refractivity contribution >= 4 is 11.5 Å². The maximum Gasteiger partial charge on any atom is 0.229 e. The third-order valence-electron chi connectivity index (χ3n) is 7.16. The molecule has 1 aliphatic rings. The van der Waals surface area contributed by atoms with E-state index < -0.39 is 0 Å². The van der Waals surface area contributed by atoms with Gasteiger partial charge in [-0.05, 0) is 36.1 Å². The molecule has 0 bridgehead atoms. The third kappa shape index (κ3) is 5.84. The fraction of sp³-hybridized carbons (Fsp3) is 0.483. The average Bonchev–Trinajstić information content (AvgIpc) is 3.36. The number of hydrogen-bond donors (Lipinski definition) is 0. The van der Waals surface area contributed by atoms with Crippen LogP contribution in [-0.2, 0) is 11.2 Å². The van der Waals surface area contributed by atoms with E-state index in [4.69, 9.17) is 9.51 Å². The van der Waals surface area contributed by atoms with Crippen molar-refractivity contribution in [1.82, 2.24) is 15.0 Å². The van der Waals surface area contributed by atoms with E-state index in [9.17, 15) is 4.79 Å². The standard InChI is InChI=1S/C29H37FN4O2/c1-5-22(6-2)26(35)19-21-12-13-25(24(30)18-21)33-14-16-34(17-15-33)27(23-10-8-7-9-11-23)28-31-29(20(3)4)36-32-28/h7-13,18,20,22,27H,5-6,14-17,19H2,1-4H3. The number of ketones is 1. The zero-order chi connectivity index (χ0) is 25.7. The molecule has 0 spiro atoms. The lowest BCUT2D eigenvalue weighted by Gasteiger charge is -2.39. The SMILES string of the molecule is CCC(CC)C(=O)Cc1ccc(N2CCN(C(c3ccccc3)c3noc(C(C)C)n3)CC2)c(F)c1. The number of anilines is 1. The van der Waals surface area contributed by atoms with Crippen LogP contribution in [0.4, 0.5) is 10.1 Å². The van der Waals surface area contributed by atoms with E-state index in [-0.39, 0.29) is 29.5 Å². The van der Waals surface area contributed by atoms with Gasteiger partial charge < -0.3 is 9.42 Å². The number of Topliss-reactive ketones (excluding diaryl/α,β-unsaturated/α-hetero) is 1. The fourth-order valence-electron chi connectivity index (χ4n) is 4.98. The van der Waals surface area contributed by atoms with Crippen LogP contribution in [0.5, 0.6) is 0 Å². The van der Waals surface area contributed by atoms with Gasteiger partial charge in [-0.3, -0.25) is 9.69 Å². The molecule has 1 fully saturated rings. The van der Waals surface area contributed by atoms with Crippen LogP contribution >= 0.6 is 0 Å². The summed E-state index contributed by atoms with van der Waals surface area (Å²) in [5, 5.41) is 4.31. The van der Waals surface area contributed by atoms with Crippen LogP contribution in [0.1, 0.15) is 75.3 Å². The van der Waals surface area contributed by atoms with E-state index in [0.717, 1.165) is 37.1 Å². The fourth-order valence-corrected chi connectivity index (χ4v) is 4.98. The largest absolute Gasteiger partial charge is 0.367 e. The van der Waals surface area contributed by atoms with E-state index in [2.05, 4.69) is 27.1 Å². The zero-order valence-corrected chi connectivity index (χ0v) is 21.8. The van der Waals surface area contributed by atoms with Gasteiger partial charge in [0.2, 0.25) is 5.89 Å². The molecule has 1 saturated heterocycles. The van der Waals surface area contributed by atoms with Crippen LogP contribution < -0.4 is 4.90 Å². The summed E-state index contributed by atoms with van der Waals surface area (Å²) < 4.78 is 20.6. The first-order valence-corrected chi connectivity index (χ1v) is 13.1. The summed E-state index contributed by atoms with van der Waals surface area (Å²) >= 11 is 0. The number of carbonyl (C=O) groups excluding carboxylic acids is 1. The second kappa shape index (κ2) is 11.8. The summed E-state index contributed by atoms with van der Waals surface area (Å²) in [6.07, 6.45) is 1.94. The Balaban J connectivity index is 1.46. The normalized spacial score (nSPS) is 15.6. The first-order chi connectivity index (χ1) is 17.4. The van der Waals surface area contributed by atoms with Gasteiger partial charge in [0.15, 0.2) is 5.82 Å². The van der Waals surface area contributed by atoms with Crippen LogP contribution in [0.15, 0.2) is 53.1 Å². The van der Waals surface area contributed by atoms with Crippen molar-refractivity contribution in [3.05, 3.63) is 77.2 Å². The topological polar surface area (TPSA) is 62.5 Å². The Labute approximate surface area is 213 Å².